The van der Waals surface area contributed by atoms with Crippen molar-refractivity contribution in [1.82, 2.24) is 0 Å². The number of benzene rings is 2. The summed E-state index contributed by atoms with van der Waals surface area (Å²) in [6.45, 7) is 3.85. The van der Waals surface area contributed by atoms with Gasteiger partial charge in [0.25, 0.3) is 5.91 Å². The smallest absolute Gasteiger partial charge is 0.258 e. The molecule has 2 aromatic rings. The zero-order valence-electron chi connectivity index (χ0n) is 13.9. The van der Waals surface area contributed by atoms with Crippen LogP contribution in [-0.2, 0) is 9.84 Å². The summed E-state index contributed by atoms with van der Waals surface area (Å²) in [5.41, 5.74) is 3.05. The molecule has 3 rings (SSSR count). The van der Waals surface area contributed by atoms with E-state index >= 15 is 0 Å². The normalized spacial score (nSPS) is 18.3. The maximum atomic E-state index is 13.2. The third kappa shape index (κ3) is 3.94. The summed E-state index contributed by atoms with van der Waals surface area (Å²) in [6.07, 6.45) is 1.55. The van der Waals surface area contributed by atoms with E-state index < -0.39 is 15.9 Å². The van der Waals surface area contributed by atoms with Crippen LogP contribution in [0.1, 0.15) is 21.5 Å². The third-order valence-electron chi connectivity index (χ3n) is 4.02. The van der Waals surface area contributed by atoms with Gasteiger partial charge in [0.2, 0.25) is 0 Å². The zero-order valence-corrected chi connectivity index (χ0v) is 15.5. The van der Waals surface area contributed by atoms with Crippen molar-refractivity contribution in [3.05, 3.63) is 75.7 Å². The van der Waals surface area contributed by atoms with E-state index in [1.807, 2.05) is 19.9 Å². The SMILES string of the molecule is Cc1cc(C)cc(C(=O)N(c2cccc(Cl)c2)C2C=CS(=O)(=O)C2)c1. The van der Waals surface area contributed by atoms with Gasteiger partial charge < -0.3 is 4.90 Å². The quantitative estimate of drug-likeness (QED) is 0.817. The topological polar surface area (TPSA) is 54.5 Å². The first kappa shape index (κ1) is 17.7. The molecule has 4 nitrogen and oxygen atoms in total. The second-order valence-corrected chi connectivity index (χ2v) is 8.62. The fourth-order valence-corrected chi connectivity index (χ4v) is 4.50. The summed E-state index contributed by atoms with van der Waals surface area (Å²) in [5.74, 6) is -0.378. The van der Waals surface area contributed by atoms with Crippen molar-refractivity contribution in [1.29, 1.82) is 0 Å². The Balaban J connectivity index is 2.07. The molecule has 1 amide bonds. The highest BCUT2D eigenvalue weighted by molar-refractivity contribution is 7.94. The van der Waals surface area contributed by atoms with E-state index in [2.05, 4.69) is 0 Å². The van der Waals surface area contributed by atoms with E-state index in [4.69, 9.17) is 11.6 Å². The van der Waals surface area contributed by atoms with Crippen LogP contribution in [0.4, 0.5) is 5.69 Å². The zero-order chi connectivity index (χ0) is 18.2. The third-order valence-corrected chi connectivity index (χ3v) is 5.63. The lowest BCUT2D eigenvalue weighted by molar-refractivity contribution is 0.0983. The van der Waals surface area contributed by atoms with E-state index in [0.29, 0.717) is 16.3 Å². The Morgan fingerprint density at radius 2 is 1.80 bits per heavy atom. The van der Waals surface area contributed by atoms with Crippen molar-refractivity contribution < 1.29 is 13.2 Å². The molecule has 0 aliphatic carbocycles. The lowest BCUT2D eigenvalue weighted by Gasteiger charge is -2.28. The molecule has 0 spiro atoms. The Bertz CT molecular complexity index is 946. The highest BCUT2D eigenvalue weighted by Gasteiger charge is 2.32. The van der Waals surface area contributed by atoms with Crippen LogP contribution in [0.2, 0.25) is 5.02 Å². The minimum Gasteiger partial charge on any atom is -0.300 e. The molecule has 0 aromatic heterocycles. The Hall–Kier alpha value is -2.11. The summed E-state index contributed by atoms with van der Waals surface area (Å²) >= 11 is 6.08. The molecule has 25 heavy (non-hydrogen) atoms. The molecule has 130 valence electrons. The van der Waals surface area contributed by atoms with Gasteiger partial charge in [-0.3, -0.25) is 4.79 Å². The van der Waals surface area contributed by atoms with Gasteiger partial charge in [0.05, 0.1) is 11.8 Å². The molecule has 1 atom stereocenters. The number of sulfone groups is 1. The number of carbonyl (C=O) groups is 1. The van der Waals surface area contributed by atoms with Gasteiger partial charge >= 0.3 is 0 Å². The monoisotopic (exact) mass is 375 g/mol. The molecule has 0 radical (unpaired) electrons. The van der Waals surface area contributed by atoms with Crippen LogP contribution >= 0.6 is 11.6 Å². The van der Waals surface area contributed by atoms with Gasteiger partial charge in [0.1, 0.15) is 0 Å². The molecule has 0 fully saturated rings. The average Bonchev–Trinajstić information content (AvgIpc) is 2.86. The lowest BCUT2D eigenvalue weighted by atomic mass is 10.1. The van der Waals surface area contributed by atoms with Crippen LogP contribution in [0, 0.1) is 13.8 Å². The number of anilines is 1. The first-order chi connectivity index (χ1) is 11.7. The van der Waals surface area contributed by atoms with Gasteiger partial charge in [-0.2, -0.15) is 0 Å². The molecule has 0 saturated heterocycles. The van der Waals surface area contributed by atoms with Gasteiger partial charge in [-0.1, -0.05) is 34.9 Å². The summed E-state index contributed by atoms with van der Waals surface area (Å²) in [7, 11) is -3.30. The molecular formula is C19H18ClNO3S. The van der Waals surface area contributed by atoms with Gasteiger partial charge in [-0.05, 0) is 50.3 Å². The number of hydrogen-bond donors (Lipinski definition) is 0. The number of rotatable bonds is 3. The maximum Gasteiger partial charge on any atom is 0.258 e. The van der Waals surface area contributed by atoms with E-state index in [1.165, 1.54) is 10.3 Å². The van der Waals surface area contributed by atoms with Crippen molar-refractivity contribution in [2.24, 2.45) is 0 Å². The standard InChI is InChI=1S/C19H18ClNO3S/c1-13-8-14(2)10-15(9-13)19(22)21(17-5-3-4-16(20)11-17)18-6-7-25(23,24)12-18/h3-11,18H,12H2,1-2H3. The number of hydrogen-bond acceptors (Lipinski definition) is 3. The second kappa shape index (κ2) is 6.65. The average molecular weight is 376 g/mol. The number of nitrogens with zero attached hydrogens (tertiary/aromatic N) is 1. The van der Waals surface area contributed by atoms with Gasteiger partial charge in [0, 0.05) is 21.7 Å². The molecule has 1 heterocycles. The van der Waals surface area contributed by atoms with E-state index in [0.717, 1.165) is 11.1 Å². The van der Waals surface area contributed by atoms with E-state index in [-0.39, 0.29) is 11.7 Å². The number of halogens is 1. The van der Waals surface area contributed by atoms with Crippen molar-refractivity contribution in [2.75, 3.05) is 10.7 Å². The summed E-state index contributed by atoms with van der Waals surface area (Å²) in [6, 6.07) is 11.9. The van der Waals surface area contributed by atoms with Gasteiger partial charge in [-0.25, -0.2) is 8.42 Å². The number of carbonyl (C=O) groups excluding carboxylic acids is 1. The van der Waals surface area contributed by atoms with Crippen molar-refractivity contribution in [2.45, 2.75) is 19.9 Å². The molecule has 2 aromatic carbocycles. The predicted octanol–water partition coefficient (Wildman–Crippen LogP) is 3.91. The van der Waals surface area contributed by atoms with Crippen molar-refractivity contribution in [3.8, 4) is 0 Å². The van der Waals surface area contributed by atoms with Crippen LogP contribution in [0.15, 0.2) is 53.9 Å². The first-order valence-electron chi connectivity index (χ1n) is 7.83. The minimum atomic E-state index is -3.30. The fourth-order valence-electron chi connectivity index (χ4n) is 3.04. The Morgan fingerprint density at radius 3 is 2.36 bits per heavy atom. The Labute approximate surface area is 152 Å². The fraction of sp³-hybridized carbons (Fsp3) is 0.211. The van der Waals surface area contributed by atoms with Crippen LogP contribution < -0.4 is 4.90 Å². The highest BCUT2D eigenvalue weighted by atomic mass is 35.5. The van der Waals surface area contributed by atoms with Gasteiger partial charge in [-0.15, -0.1) is 0 Å². The molecular weight excluding hydrogens is 358 g/mol. The Kier molecular flexibility index (Phi) is 4.71. The molecule has 6 heteroatoms. The molecule has 1 aliphatic heterocycles. The summed E-state index contributed by atoms with van der Waals surface area (Å²) in [4.78, 5) is 14.7. The molecule has 0 bridgehead atoms. The first-order valence-corrected chi connectivity index (χ1v) is 9.93. The van der Waals surface area contributed by atoms with Crippen LogP contribution in [0.5, 0.6) is 0 Å². The molecule has 0 N–H and O–H groups in total. The summed E-state index contributed by atoms with van der Waals surface area (Å²) in [5, 5.41) is 1.66. The Morgan fingerprint density at radius 1 is 1.12 bits per heavy atom. The number of amides is 1. The number of aryl methyl sites for hydroxylation is 2. The molecule has 1 unspecified atom stereocenters. The minimum absolute atomic E-state index is 0.129. The lowest BCUT2D eigenvalue weighted by Crippen LogP contribution is -2.41. The molecule has 0 saturated carbocycles. The van der Waals surface area contributed by atoms with Crippen LogP contribution in [0.25, 0.3) is 0 Å². The summed E-state index contributed by atoms with van der Waals surface area (Å²) < 4.78 is 23.7. The predicted molar refractivity (Wildman–Crippen MR) is 101 cm³/mol. The maximum absolute atomic E-state index is 13.2. The van der Waals surface area contributed by atoms with Gasteiger partial charge in [0.15, 0.2) is 9.84 Å². The van der Waals surface area contributed by atoms with Crippen molar-refractivity contribution >= 4 is 33.0 Å². The highest BCUT2D eigenvalue weighted by Crippen LogP contribution is 2.27. The van der Waals surface area contributed by atoms with Crippen LogP contribution in [-0.4, -0.2) is 26.1 Å². The largest absolute Gasteiger partial charge is 0.300 e. The van der Waals surface area contributed by atoms with Crippen molar-refractivity contribution in [3.63, 3.8) is 0 Å². The second-order valence-electron chi connectivity index (χ2n) is 6.26. The molecule has 1 aliphatic rings. The van der Waals surface area contributed by atoms with E-state index in [9.17, 15) is 13.2 Å². The van der Waals surface area contributed by atoms with Crippen LogP contribution in [0.3, 0.4) is 0 Å². The van der Waals surface area contributed by atoms with E-state index in [1.54, 1.807) is 42.5 Å².